The van der Waals surface area contributed by atoms with Crippen molar-refractivity contribution in [1.82, 2.24) is 0 Å². The van der Waals surface area contributed by atoms with Gasteiger partial charge >= 0.3 is 0 Å². The second-order valence-electron chi connectivity index (χ2n) is 5.63. The van der Waals surface area contributed by atoms with Crippen LogP contribution in [0.3, 0.4) is 0 Å². The Kier molecular flexibility index (Phi) is 6.73. The number of amides is 1. The summed E-state index contributed by atoms with van der Waals surface area (Å²) in [6.45, 7) is 1.78. The zero-order chi connectivity index (χ0) is 20.0. The molecule has 2 aromatic rings. The molecule has 0 aliphatic carbocycles. The molecule has 0 heterocycles. The fourth-order valence-electron chi connectivity index (χ4n) is 2.44. The van der Waals surface area contributed by atoms with E-state index in [0.717, 1.165) is 24.5 Å². The van der Waals surface area contributed by atoms with Crippen LogP contribution in [-0.4, -0.2) is 33.7 Å². The molecule has 1 N–H and O–H groups in total. The minimum Gasteiger partial charge on any atom is -0.492 e. The van der Waals surface area contributed by atoms with Gasteiger partial charge in [-0.1, -0.05) is 18.2 Å². The number of para-hydroxylation sites is 3. The minimum atomic E-state index is -4.00. The Morgan fingerprint density at radius 3 is 2.33 bits per heavy atom. The van der Waals surface area contributed by atoms with Crippen molar-refractivity contribution >= 4 is 27.3 Å². The average molecular weight is 398 g/mol. The SMILES string of the molecule is CCOc1ccccc1NC(=O)CCN(c1c(F)cccc1F)S(C)(=O)=O. The van der Waals surface area contributed by atoms with E-state index in [1.54, 1.807) is 31.2 Å². The van der Waals surface area contributed by atoms with Crippen molar-refractivity contribution in [2.24, 2.45) is 0 Å². The van der Waals surface area contributed by atoms with E-state index in [1.165, 1.54) is 0 Å². The molecule has 0 fully saturated rings. The molecule has 1 amide bonds. The maximum Gasteiger partial charge on any atom is 0.232 e. The van der Waals surface area contributed by atoms with Gasteiger partial charge in [-0.15, -0.1) is 0 Å². The van der Waals surface area contributed by atoms with Crippen molar-refractivity contribution in [2.45, 2.75) is 13.3 Å². The minimum absolute atomic E-state index is 0.304. The highest BCUT2D eigenvalue weighted by atomic mass is 32.2. The molecule has 0 spiro atoms. The first-order valence-electron chi connectivity index (χ1n) is 8.17. The Hall–Kier alpha value is -2.68. The summed E-state index contributed by atoms with van der Waals surface area (Å²) in [6.07, 6.45) is 0.516. The van der Waals surface area contributed by atoms with Crippen molar-refractivity contribution < 1.29 is 26.7 Å². The maximum absolute atomic E-state index is 14.0. The molecule has 2 aromatic carbocycles. The normalized spacial score (nSPS) is 11.1. The van der Waals surface area contributed by atoms with Crippen molar-refractivity contribution in [2.75, 3.05) is 29.0 Å². The van der Waals surface area contributed by atoms with Crippen LogP contribution in [0.4, 0.5) is 20.2 Å². The largest absolute Gasteiger partial charge is 0.492 e. The number of carbonyl (C=O) groups excluding carboxylic acids is 1. The molecule has 0 saturated carbocycles. The number of hydrogen-bond donors (Lipinski definition) is 1. The first-order valence-corrected chi connectivity index (χ1v) is 10.0. The summed E-state index contributed by atoms with van der Waals surface area (Å²) in [5.74, 6) is -2.11. The number of nitrogens with one attached hydrogen (secondary N) is 1. The summed E-state index contributed by atoms with van der Waals surface area (Å²) >= 11 is 0. The van der Waals surface area contributed by atoms with Crippen LogP contribution in [-0.2, 0) is 14.8 Å². The predicted octanol–water partition coefficient (Wildman–Crippen LogP) is 3.16. The number of sulfonamides is 1. The Balaban J connectivity index is 2.16. The van der Waals surface area contributed by atoms with Crippen LogP contribution in [0.2, 0.25) is 0 Å². The molecule has 9 heteroatoms. The second kappa shape index (κ2) is 8.81. The second-order valence-corrected chi connectivity index (χ2v) is 7.54. The van der Waals surface area contributed by atoms with Gasteiger partial charge in [0, 0.05) is 13.0 Å². The van der Waals surface area contributed by atoms with Crippen LogP contribution in [0.1, 0.15) is 13.3 Å². The molecule has 0 unspecified atom stereocenters. The molecule has 27 heavy (non-hydrogen) atoms. The number of halogens is 2. The molecule has 0 saturated heterocycles. The summed E-state index contributed by atoms with van der Waals surface area (Å²) in [4.78, 5) is 12.2. The summed E-state index contributed by atoms with van der Waals surface area (Å²) in [6, 6.07) is 9.79. The monoisotopic (exact) mass is 398 g/mol. The molecule has 0 atom stereocenters. The number of ether oxygens (including phenoxy) is 1. The average Bonchev–Trinajstić information content (AvgIpc) is 2.58. The Labute approximate surface area is 156 Å². The van der Waals surface area contributed by atoms with Gasteiger partial charge in [0.25, 0.3) is 0 Å². The van der Waals surface area contributed by atoms with Crippen molar-refractivity contribution in [3.63, 3.8) is 0 Å². The molecule has 0 radical (unpaired) electrons. The number of hydrogen-bond acceptors (Lipinski definition) is 4. The Bertz CT molecular complexity index is 899. The van der Waals surface area contributed by atoms with Crippen LogP contribution >= 0.6 is 0 Å². The summed E-state index contributed by atoms with van der Waals surface area (Å²) in [5.41, 5.74) is -0.283. The van der Waals surface area contributed by atoms with E-state index in [-0.39, 0.29) is 6.42 Å². The smallest absolute Gasteiger partial charge is 0.232 e. The Morgan fingerprint density at radius 1 is 1.11 bits per heavy atom. The molecule has 0 bridgehead atoms. The molecule has 6 nitrogen and oxygen atoms in total. The molecule has 2 rings (SSSR count). The molecular formula is C18H20F2N2O4S. The zero-order valence-corrected chi connectivity index (χ0v) is 15.7. The van der Waals surface area contributed by atoms with Gasteiger partial charge in [-0.2, -0.15) is 0 Å². The van der Waals surface area contributed by atoms with E-state index in [4.69, 9.17) is 4.74 Å². The highest BCUT2D eigenvalue weighted by molar-refractivity contribution is 7.92. The first-order chi connectivity index (χ1) is 12.7. The van der Waals surface area contributed by atoms with E-state index in [0.29, 0.717) is 22.3 Å². The molecular weight excluding hydrogens is 378 g/mol. The predicted molar refractivity (Wildman–Crippen MR) is 99.4 cm³/mol. The lowest BCUT2D eigenvalue weighted by molar-refractivity contribution is -0.116. The topological polar surface area (TPSA) is 75.7 Å². The Morgan fingerprint density at radius 2 is 1.74 bits per heavy atom. The lowest BCUT2D eigenvalue weighted by Crippen LogP contribution is -2.34. The van der Waals surface area contributed by atoms with Crippen molar-refractivity contribution in [1.29, 1.82) is 0 Å². The number of rotatable bonds is 8. The maximum atomic E-state index is 14.0. The van der Waals surface area contributed by atoms with Crippen LogP contribution in [0.5, 0.6) is 5.75 Å². The van der Waals surface area contributed by atoms with E-state index < -0.39 is 39.8 Å². The van der Waals surface area contributed by atoms with Gasteiger partial charge in [0.15, 0.2) is 11.6 Å². The molecule has 0 aromatic heterocycles. The van der Waals surface area contributed by atoms with Crippen molar-refractivity contribution in [3.05, 3.63) is 54.1 Å². The van der Waals surface area contributed by atoms with Gasteiger partial charge in [-0.25, -0.2) is 17.2 Å². The van der Waals surface area contributed by atoms with Crippen molar-refractivity contribution in [3.8, 4) is 5.75 Å². The van der Waals surface area contributed by atoms with Gasteiger partial charge in [0.05, 0.1) is 18.6 Å². The zero-order valence-electron chi connectivity index (χ0n) is 14.9. The van der Waals surface area contributed by atoms with Crippen LogP contribution < -0.4 is 14.4 Å². The fourth-order valence-corrected chi connectivity index (χ4v) is 3.37. The molecule has 0 aliphatic rings. The summed E-state index contributed by atoms with van der Waals surface area (Å²) in [7, 11) is -4.00. The lowest BCUT2D eigenvalue weighted by Gasteiger charge is -2.23. The molecule has 146 valence electrons. The number of carbonyl (C=O) groups is 1. The van der Waals surface area contributed by atoms with Gasteiger partial charge in [-0.05, 0) is 31.2 Å². The number of benzene rings is 2. The standard InChI is InChI=1S/C18H20F2N2O4S/c1-3-26-16-10-5-4-9-15(16)21-17(23)11-12-22(27(2,24)25)18-13(19)7-6-8-14(18)20/h4-10H,3,11-12H2,1-2H3,(H,21,23). The third-order valence-electron chi connectivity index (χ3n) is 3.59. The third-order valence-corrected chi connectivity index (χ3v) is 4.76. The van der Waals surface area contributed by atoms with Crippen LogP contribution in [0.15, 0.2) is 42.5 Å². The molecule has 0 aliphatic heterocycles. The quantitative estimate of drug-likeness (QED) is 0.741. The lowest BCUT2D eigenvalue weighted by atomic mass is 10.2. The van der Waals surface area contributed by atoms with Crippen LogP contribution in [0, 0.1) is 11.6 Å². The highest BCUT2D eigenvalue weighted by Crippen LogP contribution is 2.26. The van der Waals surface area contributed by atoms with E-state index in [1.807, 2.05) is 0 Å². The fraction of sp³-hybridized carbons (Fsp3) is 0.278. The van der Waals surface area contributed by atoms with Gasteiger partial charge in [0.1, 0.15) is 11.4 Å². The van der Waals surface area contributed by atoms with E-state index >= 15 is 0 Å². The first kappa shape index (κ1) is 20.6. The number of anilines is 2. The van der Waals surface area contributed by atoms with Crippen LogP contribution in [0.25, 0.3) is 0 Å². The highest BCUT2D eigenvalue weighted by Gasteiger charge is 2.25. The van der Waals surface area contributed by atoms with Gasteiger partial charge < -0.3 is 10.1 Å². The summed E-state index contributed by atoms with van der Waals surface area (Å²) in [5, 5.41) is 2.61. The van der Waals surface area contributed by atoms with Gasteiger partial charge in [0.2, 0.25) is 15.9 Å². The number of nitrogens with zero attached hydrogens (tertiary/aromatic N) is 1. The van der Waals surface area contributed by atoms with Gasteiger partial charge in [-0.3, -0.25) is 9.10 Å². The third kappa shape index (κ3) is 5.40. The summed E-state index contributed by atoms with van der Waals surface area (Å²) < 4.78 is 57.9. The van der Waals surface area contributed by atoms with E-state index in [2.05, 4.69) is 5.32 Å². The van der Waals surface area contributed by atoms with E-state index in [9.17, 15) is 22.0 Å².